The number of amides is 1. The Morgan fingerprint density at radius 2 is 2.31 bits per heavy atom. The zero-order valence-electron chi connectivity index (χ0n) is 9.16. The zero-order valence-corrected chi connectivity index (χ0v) is 10.7. The number of halogens is 1. The van der Waals surface area contributed by atoms with Gasteiger partial charge in [0, 0.05) is 18.7 Å². The molecule has 1 aromatic rings. The second kappa shape index (κ2) is 5.86. The minimum atomic E-state index is -0.229. The van der Waals surface area contributed by atoms with Crippen LogP contribution >= 0.6 is 15.9 Å². The third kappa shape index (κ3) is 3.50. The molecule has 4 nitrogen and oxygen atoms in total. The number of phenolic OH excluding ortho intramolecular Hbond substituents is 1. The SMILES string of the molecule is COCC(C)NC(=O)c1ccc(Br)c(O)c1. The molecule has 0 aliphatic rings. The lowest BCUT2D eigenvalue weighted by atomic mass is 10.2. The van der Waals surface area contributed by atoms with E-state index in [4.69, 9.17) is 4.74 Å². The summed E-state index contributed by atoms with van der Waals surface area (Å²) in [6.45, 7) is 2.30. The highest BCUT2D eigenvalue weighted by atomic mass is 79.9. The number of ether oxygens (including phenoxy) is 1. The molecule has 0 saturated heterocycles. The molecular weight excluding hydrogens is 274 g/mol. The predicted octanol–water partition coefficient (Wildman–Crippen LogP) is 1.92. The molecule has 1 unspecified atom stereocenters. The quantitative estimate of drug-likeness (QED) is 0.890. The number of nitrogens with one attached hydrogen (secondary N) is 1. The highest BCUT2D eigenvalue weighted by Gasteiger charge is 2.10. The number of benzene rings is 1. The van der Waals surface area contributed by atoms with Gasteiger partial charge >= 0.3 is 0 Å². The van der Waals surface area contributed by atoms with Gasteiger partial charge in [-0.05, 0) is 41.1 Å². The van der Waals surface area contributed by atoms with Crippen LogP contribution in [-0.4, -0.2) is 30.8 Å². The number of methoxy groups -OCH3 is 1. The lowest BCUT2D eigenvalue weighted by molar-refractivity contribution is 0.0905. The number of carbonyl (C=O) groups excluding carboxylic acids is 1. The minimum Gasteiger partial charge on any atom is -0.507 e. The van der Waals surface area contributed by atoms with Crippen LogP contribution in [0.1, 0.15) is 17.3 Å². The van der Waals surface area contributed by atoms with Crippen molar-refractivity contribution in [1.82, 2.24) is 5.32 Å². The minimum absolute atomic E-state index is 0.0482. The summed E-state index contributed by atoms with van der Waals surface area (Å²) in [7, 11) is 1.58. The summed E-state index contributed by atoms with van der Waals surface area (Å²) in [4.78, 5) is 11.7. The fourth-order valence-corrected chi connectivity index (χ4v) is 1.50. The summed E-state index contributed by atoms with van der Waals surface area (Å²) in [5, 5.41) is 12.2. The van der Waals surface area contributed by atoms with Crippen LogP contribution in [0.25, 0.3) is 0 Å². The Kier molecular flexibility index (Phi) is 4.76. The van der Waals surface area contributed by atoms with Gasteiger partial charge in [-0.2, -0.15) is 0 Å². The van der Waals surface area contributed by atoms with Crippen LogP contribution in [-0.2, 0) is 4.74 Å². The normalized spacial score (nSPS) is 12.2. The van der Waals surface area contributed by atoms with E-state index < -0.39 is 0 Å². The van der Waals surface area contributed by atoms with E-state index in [2.05, 4.69) is 21.2 Å². The Bertz CT molecular complexity index is 381. The lowest BCUT2D eigenvalue weighted by Gasteiger charge is -2.12. The Balaban J connectivity index is 2.69. The maximum atomic E-state index is 11.7. The van der Waals surface area contributed by atoms with Crippen molar-refractivity contribution in [3.8, 4) is 5.75 Å². The highest BCUT2D eigenvalue weighted by Crippen LogP contribution is 2.24. The topological polar surface area (TPSA) is 58.6 Å². The molecule has 1 aromatic carbocycles. The zero-order chi connectivity index (χ0) is 12.1. The van der Waals surface area contributed by atoms with E-state index in [1.807, 2.05) is 6.92 Å². The maximum absolute atomic E-state index is 11.7. The van der Waals surface area contributed by atoms with Gasteiger partial charge in [-0.15, -0.1) is 0 Å². The maximum Gasteiger partial charge on any atom is 0.251 e. The molecule has 0 radical (unpaired) electrons. The summed E-state index contributed by atoms with van der Waals surface area (Å²) in [6.07, 6.45) is 0. The molecule has 5 heteroatoms. The molecule has 0 saturated carbocycles. The molecular formula is C11H14BrNO3. The number of hydrogen-bond donors (Lipinski definition) is 2. The van der Waals surface area contributed by atoms with Crippen molar-refractivity contribution in [3.05, 3.63) is 28.2 Å². The third-order valence-corrected chi connectivity index (χ3v) is 2.67. The fraction of sp³-hybridized carbons (Fsp3) is 0.364. The largest absolute Gasteiger partial charge is 0.507 e. The summed E-state index contributed by atoms with van der Waals surface area (Å²) in [6, 6.07) is 4.62. The molecule has 0 aliphatic carbocycles. The van der Waals surface area contributed by atoms with E-state index in [0.29, 0.717) is 16.6 Å². The first kappa shape index (κ1) is 13.0. The van der Waals surface area contributed by atoms with E-state index in [0.717, 1.165) is 0 Å². The Hall–Kier alpha value is -1.07. The number of hydrogen-bond acceptors (Lipinski definition) is 3. The average Bonchev–Trinajstić information content (AvgIpc) is 2.22. The van der Waals surface area contributed by atoms with Crippen LogP contribution < -0.4 is 5.32 Å². The second-order valence-corrected chi connectivity index (χ2v) is 4.35. The number of phenols is 1. The summed E-state index contributed by atoms with van der Waals surface area (Å²) in [5.74, 6) is -0.181. The molecule has 0 aliphatic heterocycles. The van der Waals surface area contributed by atoms with Crippen LogP contribution in [0, 0.1) is 0 Å². The van der Waals surface area contributed by atoms with Crippen molar-refractivity contribution in [2.75, 3.05) is 13.7 Å². The molecule has 1 amide bonds. The van der Waals surface area contributed by atoms with Crippen molar-refractivity contribution in [3.63, 3.8) is 0 Å². The second-order valence-electron chi connectivity index (χ2n) is 3.50. The molecule has 2 N–H and O–H groups in total. The number of rotatable bonds is 4. The van der Waals surface area contributed by atoms with Gasteiger partial charge in [-0.3, -0.25) is 4.79 Å². The van der Waals surface area contributed by atoms with Crippen molar-refractivity contribution >= 4 is 21.8 Å². The molecule has 0 heterocycles. The number of carbonyl (C=O) groups is 1. The van der Waals surface area contributed by atoms with Gasteiger partial charge in [0.25, 0.3) is 5.91 Å². The predicted molar refractivity (Wildman–Crippen MR) is 64.6 cm³/mol. The van der Waals surface area contributed by atoms with E-state index in [1.165, 1.54) is 6.07 Å². The first-order valence-corrected chi connectivity index (χ1v) is 5.62. The molecule has 0 spiro atoms. The van der Waals surface area contributed by atoms with Gasteiger partial charge in [-0.25, -0.2) is 0 Å². The monoisotopic (exact) mass is 287 g/mol. The first-order valence-electron chi connectivity index (χ1n) is 4.83. The Labute approximate surface area is 103 Å². The smallest absolute Gasteiger partial charge is 0.251 e. The molecule has 16 heavy (non-hydrogen) atoms. The van der Waals surface area contributed by atoms with Crippen LogP contribution in [0.5, 0.6) is 5.75 Å². The van der Waals surface area contributed by atoms with Gasteiger partial charge in [0.1, 0.15) is 5.75 Å². The van der Waals surface area contributed by atoms with Gasteiger partial charge in [0.15, 0.2) is 0 Å². The van der Waals surface area contributed by atoms with Crippen LogP contribution in [0.15, 0.2) is 22.7 Å². The Morgan fingerprint density at radius 3 is 2.88 bits per heavy atom. The van der Waals surface area contributed by atoms with Gasteiger partial charge < -0.3 is 15.2 Å². The molecule has 88 valence electrons. The molecule has 0 fully saturated rings. The molecule has 0 bridgehead atoms. The lowest BCUT2D eigenvalue weighted by Crippen LogP contribution is -2.35. The molecule has 1 rings (SSSR count). The van der Waals surface area contributed by atoms with E-state index in [1.54, 1.807) is 19.2 Å². The van der Waals surface area contributed by atoms with Crippen molar-refractivity contribution in [1.29, 1.82) is 0 Å². The standard InChI is InChI=1S/C11H14BrNO3/c1-7(6-16-2)13-11(15)8-3-4-9(12)10(14)5-8/h3-5,7,14H,6H2,1-2H3,(H,13,15). The highest BCUT2D eigenvalue weighted by molar-refractivity contribution is 9.10. The van der Waals surface area contributed by atoms with Crippen molar-refractivity contribution in [2.24, 2.45) is 0 Å². The third-order valence-electron chi connectivity index (χ3n) is 2.00. The fourth-order valence-electron chi connectivity index (χ4n) is 1.25. The van der Waals surface area contributed by atoms with Crippen molar-refractivity contribution in [2.45, 2.75) is 13.0 Å². The van der Waals surface area contributed by atoms with E-state index >= 15 is 0 Å². The van der Waals surface area contributed by atoms with Gasteiger partial charge in [0.2, 0.25) is 0 Å². The Morgan fingerprint density at radius 1 is 1.62 bits per heavy atom. The summed E-state index contributed by atoms with van der Waals surface area (Å²) >= 11 is 3.15. The van der Waals surface area contributed by atoms with Crippen LogP contribution in [0.4, 0.5) is 0 Å². The van der Waals surface area contributed by atoms with E-state index in [9.17, 15) is 9.90 Å². The van der Waals surface area contributed by atoms with Crippen LogP contribution in [0.3, 0.4) is 0 Å². The summed E-state index contributed by atoms with van der Waals surface area (Å²) < 4.78 is 5.48. The van der Waals surface area contributed by atoms with E-state index in [-0.39, 0.29) is 17.7 Å². The average molecular weight is 288 g/mol. The van der Waals surface area contributed by atoms with Crippen molar-refractivity contribution < 1.29 is 14.6 Å². The van der Waals surface area contributed by atoms with Crippen LogP contribution in [0.2, 0.25) is 0 Å². The summed E-state index contributed by atoms with van der Waals surface area (Å²) in [5.41, 5.74) is 0.420. The number of aromatic hydroxyl groups is 1. The molecule has 0 aromatic heterocycles. The molecule has 1 atom stereocenters. The first-order chi connectivity index (χ1) is 7.54. The van der Waals surface area contributed by atoms with Gasteiger partial charge in [-0.1, -0.05) is 0 Å². The van der Waals surface area contributed by atoms with Gasteiger partial charge in [0.05, 0.1) is 11.1 Å².